The van der Waals surface area contributed by atoms with Gasteiger partial charge in [0.2, 0.25) is 0 Å². The topological polar surface area (TPSA) is 175 Å². The fraction of sp³-hybridized carbons (Fsp3) is 0.344. The number of halogens is 4. The number of ether oxygens (including phenoxy) is 2. The van der Waals surface area contributed by atoms with Crippen LogP contribution >= 0.6 is 23.2 Å². The molecule has 2 spiro atoms. The van der Waals surface area contributed by atoms with Gasteiger partial charge in [0.15, 0.2) is 0 Å². The summed E-state index contributed by atoms with van der Waals surface area (Å²) in [5, 5.41) is 13.1. The van der Waals surface area contributed by atoms with Crippen LogP contribution in [0, 0.1) is 22.5 Å². The van der Waals surface area contributed by atoms with Crippen molar-refractivity contribution in [2.45, 2.75) is 90.0 Å². The van der Waals surface area contributed by atoms with E-state index in [0.717, 1.165) is 68.1 Å². The summed E-state index contributed by atoms with van der Waals surface area (Å²) < 4.78 is 38.4. The molecule has 0 aromatic heterocycles. The largest absolute Gasteiger partial charge is 0.495 e. The fourth-order valence-electron chi connectivity index (χ4n) is 12.4. The van der Waals surface area contributed by atoms with Crippen molar-refractivity contribution in [3.63, 3.8) is 0 Å². The van der Waals surface area contributed by atoms with Crippen LogP contribution in [0.25, 0.3) is 0 Å². The van der Waals surface area contributed by atoms with E-state index in [1.165, 1.54) is 89.2 Å². The molecule has 82 heavy (non-hydrogen) atoms. The molecule has 0 bridgehead atoms. The molecular weight excluding hydrogens is 1090 g/mol. The first kappa shape index (κ1) is 59.0. The minimum atomic E-state index is -0.833. The van der Waals surface area contributed by atoms with E-state index in [-0.39, 0.29) is 49.6 Å². The first-order valence-electron chi connectivity index (χ1n) is 27.5. The molecule has 14 nitrogen and oxygen atoms in total. The lowest BCUT2D eigenvalue weighted by Crippen LogP contribution is -2.34. The Labute approximate surface area is 485 Å². The maximum Gasteiger partial charge on any atom is 0.300 e. The summed E-state index contributed by atoms with van der Waals surface area (Å²) in [7, 11) is 2.92. The Kier molecular flexibility index (Phi) is 18.4. The lowest BCUT2D eigenvalue weighted by atomic mass is 9.77. The van der Waals surface area contributed by atoms with Crippen molar-refractivity contribution in [1.82, 2.24) is 4.90 Å². The third kappa shape index (κ3) is 13.5. The summed E-state index contributed by atoms with van der Waals surface area (Å²) in [6, 6.07) is 33.7. The highest BCUT2D eigenvalue weighted by molar-refractivity contribution is 6.35. The van der Waals surface area contributed by atoms with Gasteiger partial charge < -0.3 is 39.9 Å². The highest BCUT2D eigenvalue weighted by Gasteiger charge is 2.45. The van der Waals surface area contributed by atoms with E-state index in [2.05, 4.69) is 27.7 Å². The number of para-hydroxylation sites is 2. The number of ketones is 1. The average molecular weight is 1160 g/mol. The van der Waals surface area contributed by atoms with E-state index < -0.39 is 29.4 Å². The smallest absolute Gasteiger partial charge is 0.300 e. The van der Waals surface area contributed by atoms with Gasteiger partial charge in [-0.3, -0.25) is 28.8 Å². The van der Waals surface area contributed by atoms with Gasteiger partial charge in [-0.2, -0.15) is 0 Å². The zero-order chi connectivity index (χ0) is 58.3. The Bertz CT molecular complexity index is 3430. The SMILES string of the molecule is CC(=O)O.COc1cc(C(=O)N2CC[C@@]3(CCC(=O)C3)Cc3ccccc32)ccc1NC(=O)c1cc(F)ccc1Cl.COc1cc(C(=O)N2CC[C@@]3(CCC(N4CCCC4)C3)Cc3ccccc32)ccc1NC(=O)c1cc(F)ccc1Cl. The Hall–Kier alpha value is -7.66. The molecular formula is C64H65Cl2F2N5O9. The van der Waals surface area contributed by atoms with Gasteiger partial charge in [-0.1, -0.05) is 59.6 Å². The minimum Gasteiger partial charge on any atom is -0.495 e. The summed E-state index contributed by atoms with van der Waals surface area (Å²) in [6.45, 7) is 4.68. The highest BCUT2D eigenvalue weighted by Crippen LogP contribution is 2.50. The molecule has 2 saturated carbocycles. The van der Waals surface area contributed by atoms with Crippen LogP contribution < -0.4 is 29.9 Å². The van der Waals surface area contributed by atoms with Crippen molar-refractivity contribution >= 4 is 81.3 Å². The van der Waals surface area contributed by atoms with Gasteiger partial charge in [0.05, 0.1) is 46.8 Å². The van der Waals surface area contributed by atoms with Crippen LogP contribution in [0.3, 0.4) is 0 Å². The summed E-state index contributed by atoms with van der Waals surface area (Å²) in [6.07, 6.45) is 11.7. The van der Waals surface area contributed by atoms with Crippen LogP contribution in [-0.4, -0.2) is 91.8 Å². The first-order chi connectivity index (χ1) is 39.4. The molecule has 6 aromatic carbocycles. The number of amides is 4. The summed E-state index contributed by atoms with van der Waals surface area (Å²) in [4.78, 5) is 80.8. The highest BCUT2D eigenvalue weighted by atomic mass is 35.5. The predicted octanol–water partition coefficient (Wildman–Crippen LogP) is 13.1. The molecule has 11 rings (SSSR count). The quantitative estimate of drug-likeness (QED) is 0.126. The monoisotopic (exact) mass is 1160 g/mol. The van der Waals surface area contributed by atoms with Gasteiger partial charge in [0.25, 0.3) is 29.6 Å². The number of hydrogen-bond donors (Lipinski definition) is 3. The molecule has 3 aliphatic heterocycles. The lowest BCUT2D eigenvalue weighted by molar-refractivity contribution is -0.134. The Balaban J connectivity index is 0.000000186. The van der Waals surface area contributed by atoms with Crippen molar-refractivity contribution in [2.24, 2.45) is 10.8 Å². The van der Waals surface area contributed by atoms with E-state index in [4.69, 9.17) is 42.6 Å². The van der Waals surface area contributed by atoms with Crippen LogP contribution in [-0.2, 0) is 22.4 Å². The van der Waals surface area contributed by atoms with E-state index in [1.807, 2.05) is 41.3 Å². The van der Waals surface area contributed by atoms with Crippen LogP contribution in [0.5, 0.6) is 11.5 Å². The number of carbonyl (C=O) groups excluding carboxylic acids is 5. The molecule has 6 aromatic rings. The number of Topliss-reactive ketones (excluding diaryl/α,β-unsaturated/α-hetero) is 1. The number of hydrogen-bond acceptors (Lipinski definition) is 9. The van der Waals surface area contributed by atoms with E-state index in [1.54, 1.807) is 41.3 Å². The molecule has 3 atom stereocenters. The number of aliphatic carboxylic acids is 1. The molecule has 1 saturated heterocycles. The van der Waals surface area contributed by atoms with Crippen molar-refractivity contribution in [1.29, 1.82) is 0 Å². The number of carboxylic acid groups (broad SMARTS) is 1. The molecule has 2 aliphatic carbocycles. The number of nitrogens with zero attached hydrogens (tertiary/aromatic N) is 3. The zero-order valence-corrected chi connectivity index (χ0v) is 47.5. The third-order valence-corrected chi connectivity index (χ3v) is 17.2. The van der Waals surface area contributed by atoms with Crippen molar-refractivity contribution in [2.75, 3.05) is 60.8 Å². The third-order valence-electron chi connectivity index (χ3n) is 16.5. The maximum atomic E-state index is 14.0. The Morgan fingerprint density at radius 2 is 1.06 bits per heavy atom. The van der Waals surface area contributed by atoms with Gasteiger partial charge in [0, 0.05) is 61.4 Å². The van der Waals surface area contributed by atoms with Crippen molar-refractivity contribution in [3.05, 3.63) is 176 Å². The number of carboxylic acids is 1. The van der Waals surface area contributed by atoms with Gasteiger partial charge in [-0.25, -0.2) is 8.78 Å². The van der Waals surface area contributed by atoms with Crippen LogP contribution in [0.2, 0.25) is 10.0 Å². The molecule has 3 fully saturated rings. The van der Waals surface area contributed by atoms with E-state index >= 15 is 0 Å². The number of rotatable bonds is 9. The van der Waals surface area contributed by atoms with E-state index in [0.29, 0.717) is 66.0 Å². The summed E-state index contributed by atoms with van der Waals surface area (Å²) >= 11 is 12.2. The molecule has 0 radical (unpaired) electrons. The molecule has 1 unspecified atom stereocenters. The average Bonchev–Trinajstić information content (AvgIpc) is 4.04. The van der Waals surface area contributed by atoms with Crippen LogP contribution in [0.15, 0.2) is 121 Å². The number of benzene rings is 6. The second-order valence-corrected chi connectivity index (χ2v) is 22.7. The second-order valence-electron chi connectivity index (χ2n) is 21.9. The number of likely N-dealkylation sites (tertiary alicyclic amines) is 1. The number of anilines is 4. The number of carbonyl (C=O) groups is 6. The standard InChI is InChI=1S/C33H35ClFN3O3.C29H26ClFN2O4.C2H4O2/c1-41-30-18-22(8-11-28(30)36-31(39)26-19-24(35)9-10-27(26)34)32(40)38-17-14-33(20-23-6-2-3-7-29(23)38)13-12-25(21-33)37-15-4-5-16-37;1-37-26-14-18(6-9-24(26)32-27(35)22-15-20(31)7-8-23(22)30)28(36)33-13-12-29(11-10-21(34)17-29)16-19-4-2-3-5-25(19)33;1-2(3)4/h2-3,6-11,18-19,25H,4-5,12-17,20-21H2,1H3,(H,36,39);2-9,14-15H,10-13,16-17H2,1H3,(H,32,35);1H3,(H,3,4)/t25?,33-;29-;/m00./s1. The summed E-state index contributed by atoms with van der Waals surface area (Å²) in [5.41, 5.74) is 5.77. The predicted molar refractivity (Wildman–Crippen MR) is 313 cm³/mol. The van der Waals surface area contributed by atoms with Gasteiger partial charge in [0.1, 0.15) is 28.9 Å². The van der Waals surface area contributed by atoms with E-state index in [9.17, 15) is 32.8 Å². The molecule has 18 heteroatoms. The van der Waals surface area contributed by atoms with Gasteiger partial charge in [-0.05, 0) is 184 Å². The maximum absolute atomic E-state index is 14.0. The minimum absolute atomic E-state index is 0.00984. The normalized spacial score (nSPS) is 20.0. The van der Waals surface area contributed by atoms with Crippen LogP contribution in [0.4, 0.5) is 31.5 Å². The molecule has 5 aliphatic rings. The number of methoxy groups -OCH3 is 2. The zero-order valence-electron chi connectivity index (χ0n) is 46.0. The Morgan fingerprint density at radius 3 is 1.52 bits per heavy atom. The second kappa shape index (κ2) is 25.6. The fourth-order valence-corrected chi connectivity index (χ4v) is 12.8. The van der Waals surface area contributed by atoms with Crippen molar-refractivity contribution < 1.29 is 52.1 Å². The molecule has 428 valence electrons. The molecule has 4 amide bonds. The van der Waals surface area contributed by atoms with Gasteiger partial charge in [-0.15, -0.1) is 0 Å². The number of fused-ring (bicyclic) bond motifs is 2. The van der Waals surface area contributed by atoms with Crippen molar-refractivity contribution in [3.8, 4) is 11.5 Å². The molecule has 3 heterocycles. The Morgan fingerprint density at radius 1 is 0.598 bits per heavy atom. The summed E-state index contributed by atoms with van der Waals surface area (Å²) in [5.74, 6) is -2.53. The molecule has 3 N–H and O–H groups in total. The first-order valence-corrected chi connectivity index (χ1v) is 28.3. The van der Waals surface area contributed by atoms with Gasteiger partial charge >= 0.3 is 0 Å². The number of nitrogens with one attached hydrogen (secondary N) is 2. The van der Waals surface area contributed by atoms with Crippen LogP contribution in [0.1, 0.15) is 124 Å². The lowest BCUT2D eigenvalue weighted by Gasteiger charge is -2.30.